The Morgan fingerprint density at radius 2 is 2.22 bits per heavy atom. The topological polar surface area (TPSA) is 30.5 Å². The molecule has 3 nitrogen and oxygen atoms in total. The highest BCUT2D eigenvalue weighted by Gasteiger charge is 2.31. The van der Waals surface area contributed by atoms with Gasteiger partial charge in [-0.25, -0.2) is 0 Å². The van der Waals surface area contributed by atoms with Gasteiger partial charge in [-0.2, -0.15) is 0 Å². The average molecular weight is 261 g/mol. The first-order valence-electron chi connectivity index (χ1n) is 5.75. The van der Waals surface area contributed by atoms with Crippen molar-refractivity contribution >= 4 is 0 Å². The predicted octanol–water partition coefficient (Wildman–Crippen LogP) is 3.02. The van der Waals surface area contributed by atoms with Gasteiger partial charge < -0.3 is 14.8 Å². The highest BCUT2D eigenvalue weighted by Crippen LogP contribution is 2.34. The maximum atomic E-state index is 12.1. The van der Waals surface area contributed by atoms with E-state index in [1.165, 1.54) is 12.1 Å². The monoisotopic (exact) mass is 261 g/mol. The van der Waals surface area contributed by atoms with Crippen LogP contribution in [0, 0.1) is 0 Å². The van der Waals surface area contributed by atoms with Gasteiger partial charge in [0.05, 0.1) is 0 Å². The van der Waals surface area contributed by atoms with Crippen LogP contribution in [-0.2, 0) is 0 Å². The highest BCUT2D eigenvalue weighted by molar-refractivity contribution is 5.43. The van der Waals surface area contributed by atoms with Crippen LogP contribution in [0.15, 0.2) is 18.2 Å². The first-order chi connectivity index (χ1) is 8.49. The van der Waals surface area contributed by atoms with E-state index in [-0.39, 0.29) is 11.8 Å². The summed E-state index contributed by atoms with van der Waals surface area (Å²) < 4.78 is 45.7. The smallest absolute Gasteiger partial charge is 0.492 e. The molecule has 0 spiro atoms. The fraction of sp³-hybridized carbons (Fsp3) is 0.500. The van der Waals surface area contributed by atoms with Crippen LogP contribution in [0.1, 0.15) is 24.9 Å². The van der Waals surface area contributed by atoms with Crippen LogP contribution in [0.25, 0.3) is 0 Å². The van der Waals surface area contributed by atoms with E-state index in [2.05, 4.69) is 10.1 Å². The molecule has 0 radical (unpaired) electrons. The van der Waals surface area contributed by atoms with Crippen molar-refractivity contribution in [2.45, 2.75) is 25.7 Å². The third-order valence-electron chi connectivity index (χ3n) is 2.75. The van der Waals surface area contributed by atoms with Gasteiger partial charge in [-0.1, -0.05) is 13.0 Å². The zero-order chi connectivity index (χ0) is 13.2. The quantitative estimate of drug-likeness (QED) is 0.887. The summed E-state index contributed by atoms with van der Waals surface area (Å²) in [4.78, 5) is 0. The van der Waals surface area contributed by atoms with Crippen molar-refractivity contribution in [2.75, 3.05) is 13.2 Å². The van der Waals surface area contributed by atoms with E-state index < -0.39 is 6.36 Å². The molecule has 0 aliphatic carbocycles. The fourth-order valence-corrected chi connectivity index (χ4v) is 1.99. The molecule has 1 N–H and O–H groups in total. The minimum absolute atomic E-state index is 0.0995. The van der Waals surface area contributed by atoms with Crippen molar-refractivity contribution in [3.63, 3.8) is 0 Å². The lowest BCUT2D eigenvalue weighted by Crippen LogP contribution is -2.22. The zero-order valence-electron chi connectivity index (χ0n) is 9.88. The molecular weight excluding hydrogens is 247 g/mol. The summed E-state index contributed by atoms with van der Waals surface area (Å²) in [5, 5.41) is 3.27. The summed E-state index contributed by atoms with van der Waals surface area (Å²) in [5.41, 5.74) is 0.865. The largest absolute Gasteiger partial charge is 0.573 e. The average Bonchev–Trinajstić information content (AvgIpc) is 2.48. The van der Waals surface area contributed by atoms with Gasteiger partial charge in [0.2, 0.25) is 0 Å². The normalized spacial score (nSPS) is 19.7. The second-order valence-corrected chi connectivity index (χ2v) is 4.01. The van der Waals surface area contributed by atoms with Crippen LogP contribution >= 0.6 is 0 Å². The van der Waals surface area contributed by atoms with Crippen LogP contribution in [0.5, 0.6) is 11.5 Å². The summed E-state index contributed by atoms with van der Waals surface area (Å²) in [6.07, 6.45) is -3.84. The molecule has 1 heterocycles. The maximum Gasteiger partial charge on any atom is 0.573 e. The lowest BCUT2D eigenvalue weighted by Gasteiger charge is -2.16. The molecule has 0 saturated carbocycles. The molecule has 6 heteroatoms. The number of halogens is 3. The summed E-state index contributed by atoms with van der Waals surface area (Å²) in [6, 6.07) is 4.31. The molecule has 0 bridgehead atoms. The second-order valence-electron chi connectivity index (χ2n) is 4.01. The van der Waals surface area contributed by atoms with Crippen molar-refractivity contribution in [3.05, 3.63) is 23.8 Å². The van der Waals surface area contributed by atoms with Gasteiger partial charge in [-0.3, -0.25) is 0 Å². The van der Waals surface area contributed by atoms with Gasteiger partial charge in [0.1, 0.15) is 18.1 Å². The molecule has 18 heavy (non-hydrogen) atoms. The number of ether oxygens (including phenoxy) is 2. The predicted molar refractivity (Wildman–Crippen MR) is 59.7 cm³/mol. The maximum absolute atomic E-state index is 12.1. The highest BCUT2D eigenvalue weighted by atomic mass is 19.4. The van der Waals surface area contributed by atoms with Crippen LogP contribution in [0.3, 0.4) is 0 Å². The van der Waals surface area contributed by atoms with E-state index in [4.69, 9.17) is 4.74 Å². The summed E-state index contributed by atoms with van der Waals surface area (Å²) >= 11 is 0. The Hall–Kier alpha value is -1.43. The number of nitrogens with one attached hydrogen (secondary N) is 1. The first kappa shape index (κ1) is 13.0. The molecule has 0 fully saturated rings. The molecule has 0 saturated heterocycles. The molecule has 1 unspecified atom stereocenters. The van der Waals surface area contributed by atoms with E-state index in [0.29, 0.717) is 18.9 Å². The molecule has 1 aromatic rings. The Morgan fingerprint density at radius 3 is 2.89 bits per heavy atom. The number of hydrogen-bond donors (Lipinski definition) is 1. The number of benzene rings is 1. The van der Waals surface area contributed by atoms with Crippen molar-refractivity contribution in [1.29, 1.82) is 0 Å². The van der Waals surface area contributed by atoms with E-state index in [0.717, 1.165) is 12.0 Å². The zero-order valence-corrected chi connectivity index (χ0v) is 9.88. The van der Waals surface area contributed by atoms with Gasteiger partial charge in [0, 0.05) is 24.2 Å². The van der Waals surface area contributed by atoms with Gasteiger partial charge >= 0.3 is 6.36 Å². The van der Waals surface area contributed by atoms with Crippen molar-refractivity contribution < 1.29 is 22.6 Å². The SMILES string of the molecule is CCC1NCCOc2cc(OC(F)(F)F)ccc21. The summed E-state index contributed by atoms with van der Waals surface area (Å²) in [5.74, 6) is 0.201. The van der Waals surface area contributed by atoms with Crippen molar-refractivity contribution in [3.8, 4) is 11.5 Å². The number of rotatable bonds is 2. The molecule has 1 atom stereocenters. The first-order valence-corrected chi connectivity index (χ1v) is 5.75. The van der Waals surface area contributed by atoms with Crippen molar-refractivity contribution in [2.24, 2.45) is 0 Å². The Kier molecular flexibility index (Phi) is 3.65. The third kappa shape index (κ3) is 3.07. The molecule has 1 aliphatic heterocycles. The minimum atomic E-state index is -4.68. The summed E-state index contributed by atoms with van der Waals surface area (Å²) in [6.45, 7) is 3.11. The number of fused-ring (bicyclic) bond motifs is 1. The van der Waals surface area contributed by atoms with Crippen LogP contribution < -0.4 is 14.8 Å². The third-order valence-corrected chi connectivity index (χ3v) is 2.75. The lowest BCUT2D eigenvalue weighted by atomic mass is 10.0. The van der Waals surface area contributed by atoms with Gasteiger partial charge in [-0.05, 0) is 12.5 Å². The summed E-state index contributed by atoms with van der Waals surface area (Å²) in [7, 11) is 0. The van der Waals surface area contributed by atoms with Gasteiger partial charge in [-0.15, -0.1) is 13.2 Å². The van der Waals surface area contributed by atoms with E-state index in [1.807, 2.05) is 6.92 Å². The molecule has 100 valence electrons. The Balaban J connectivity index is 2.27. The van der Waals surface area contributed by atoms with E-state index in [1.54, 1.807) is 6.07 Å². The van der Waals surface area contributed by atoms with Crippen molar-refractivity contribution in [1.82, 2.24) is 5.32 Å². The van der Waals surface area contributed by atoms with Gasteiger partial charge in [0.15, 0.2) is 0 Å². The van der Waals surface area contributed by atoms with E-state index >= 15 is 0 Å². The number of alkyl halides is 3. The van der Waals surface area contributed by atoms with Crippen LogP contribution in [0.4, 0.5) is 13.2 Å². The molecule has 2 rings (SSSR count). The lowest BCUT2D eigenvalue weighted by molar-refractivity contribution is -0.274. The van der Waals surface area contributed by atoms with Crippen LogP contribution in [-0.4, -0.2) is 19.5 Å². The molecule has 1 aliphatic rings. The Bertz CT molecular complexity index is 420. The number of hydrogen-bond acceptors (Lipinski definition) is 3. The fourth-order valence-electron chi connectivity index (χ4n) is 1.99. The molecular formula is C12H14F3NO2. The minimum Gasteiger partial charge on any atom is -0.492 e. The van der Waals surface area contributed by atoms with Gasteiger partial charge in [0.25, 0.3) is 0 Å². The molecule has 0 amide bonds. The standard InChI is InChI=1S/C12H14F3NO2/c1-2-10-9-4-3-8(18-12(13,14)15)7-11(9)17-6-5-16-10/h3-4,7,10,16H,2,5-6H2,1H3. The Labute approximate surface area is 103 Å². The van der Waals surface area contributed by atoms with E-state index in [9.17, 15) is 13.2 Å². The second kappa shape index (κ2) is 5.06. The molecule has 1 aromatic carbocycles. The Morgan fingerprint density at radius 1 is 1.44 bits per heavy atom. The van der Waals surface area contributed by atoms with Crippen LogP contribution in [0.2, 0.25) is 0 Å². The molecule has 0 aromatic heterocycles.